The van der Waals surface area contributed by atoms with E-state index in [0.29, 0.717) is 23.4 Å². The predicted octanol–water partition coefficient (Wildman–Crippen LogP) is 3.50. The molecule has 24 heavy (non-hydrogen) atoms. The number of benzene rings is 2. The maximum Gasteiger partial charge on any atom is 0.332 e. The molecule has 0 aromatic heterocycles. The Morgan fingerprint density at radius 3 is 2.17 bits per heavy atom. The molecule has 5 nitrogen and oxygen atoms in total. The second-order valence-corrected chi connectivity index (χ2v) is 5.13. The largest absolute Gasteiger partial charge is 0.467 e. The maximum absolute atomic E-state index is 13.1. The lowest BCUT2D eigenvalue weighted by molar-refractivity contribution is -0.141. The SMILES string of the molecule is CCC(=O)Nc1ccc(N[C@@H](C(=O)OC)c2ccc(F)cc2)cc1. The van der Waals surface area contributed by atoms with E-state index in [1.54, 1.807) is 31.2 Å². The maximum atomic E-state index is 13.1. The van der Waals surface area contributed by atoms with Crippen molar-refractivity contribution < 1.29 is 18.7 Å². The van der Waals surface area contributed by atoms with E-state index in [9.17, 15) is 14.0 Å². The second kappa shape index (κ2) is 8.10. The van der Waals surface area contributed by atoms with Crippen LogP contribution in [0.25, 0.3) is 0 Å². The van der Waals surface area contributed by atoms with E-state index in [-0.39, 0.29) is 11.7 Å². The van der Waals surface area contributed by atoms with Crippen LogP contribution >= 0.6 is 0 Å². The molecule has 1 atom stereocenters. The van der Waals surface area contributed by atoms with Crippen LogP contribution in [0.2, 0.25) is 0 Å². The fourth-order valence-electron chi connectivity index (χ4n) is 2.12. The Hall–Kier alpha value is -2.89. The van der Waals surface area contributed by atoms with Crippen LogP contribution in [0.1, 0.15) is 24.9 Å². The van der Waals surface area contributed by atoms with Gasteiger partial charge in [0.15, 0.2) is 6.04 Å². The zero-order valence-electron chi connectivity index (χ0n) is 13.5. The van der Waals surface area contributed by atoms with Crippen LogP contribution in [-0.4, -0.2) is 19.0 Å². The van der Waals surface area contributed by atoms with Crippen molar-refractivity contribution in [2.45, 2.75) is 19.4 Å². The third-order valence-corrected chi connectivity index (χ3v) is 3.44. The van der Waals surface area contributed by atoms with E-state index in [4.69, 9.17) is 4.74 Å². The highest BCUT2D eigenvalue weighted by Gasteiger charge is 2.21. The molecule has 0 aliphatic rings. The van der Waals surface area contributed by atoms with Gasteiger partial charge in [0.2, 0.25) is 5.91 Å². The van der Waals surface area contributed by atoms with Gasteiger partial charge in [-0.05, 0) is 42.0 Å². The van der Waals surface area contributed by atoms with Gasteiger partial charge in [-0.1, -0.05) is 19.1 Å². The predicted molar refractivity (Wildman–Crippen MR) is 90.1 cm³/mol. The highest BCUT2D eigenvalue weighted by atomic mass is 19.1. The van der Waals surface area contributed by atoms with E-state index in [1.807, 2.05) is 0 Å². The van der Waals surface area contributed by atoms with Crippen molar-refractivity contribution in [1.29, 1.82) is 0 Å². The van der Waals surface area contributed by atoms with E-state index in [2.05, 4.69) is 10.6 Å². The average Bonchev–Trinajstić information content (AvgIpc) is 2.61. The van der Waals surface area contributed by atoms with Gasteiger partial charge in [0, 0.05) is 17.8 Å². The van der Waals surface area contributed by atoms with E-state index >= 15 is 0 Å². The number of nitrogens with one attached hydrogen (secondary N) is 2. The Morgan fingerprint density at radius 1 is 1.04 bits per heavy atom. The molecular weight excluding hydrogens is 311 g/mol. The molecule has 1 amide bonds. The Kier molecular flexibility index (Phi) is 5.89. The summed E-state index contributed by atoms with van der Waals surface area (Å²) >= 11 is 0. The molecule has 0 unspecified atom stereocenters. The van der Waals surface area contributed by atoms with Crippen LogP contribution in [0.5, 0.6) is 0 Å². The highest BCUT2D eigenvalue weighted by Crippen LogP contribution is 2.22. The molecule has 126 valence electrons. The first kappa shape index (κ1) is 17.5. The van der Waals surface area contributed by atoms with Crippen LogP contribution in [0.3, 0.4) is 0 Å². The topological polar surface area (TPSA) is 67.4 Å². The van der Waals surface area contributed by atoms with Crippen molar-refractivity contribution in [2.24, 2.45) is 0 Å². The number of halogens is 1. The molecule has 0 aliphatic carbocycles. The van der Waals surface area contributed by atoms with Gasteiger partial charge in [-0.2, -0.15) is 0 Å². The summed E-state index contributed by atoms with van der Waals surface area (Å²) in [6.45, 7) is 1.77. The number of methoxy groups -OCH3 is 1. The number of hydrogen-bond acceptors (Lipinski definition) is 4. The molecule has 0 bridgehead atoms. The smallest absolute Gasteiger partial charge is 0.332 e. The van der Waals surface area contributed by atoms with Crippen molar-refractivity contribution >= 4 is 23.3 Å². The standard InChI is InChI=1S/C18H19FN2O3/c1-3-16(22)20-14-8-10-15(11-9-14)21-17(18(23)24-2)12-4-6-13(19)7-5-12/h4-11,17,21H,3H2,1-2H3,(H,20,22)/t17-/m1/s1. The molecular formula is C18H19FN2O3. The number of carbonyl (C=O) groups excluding carboxylic acids is 2. The number of rotatable bonds is 6. The molecule has 2 aromatic rings. The molecule has 0 saturated heterocycles. The first-order valence-corrected chi connectivity index (χ1v) is 7.53. The normalized spacial score (nSPS) is 11.5. The van der Waals surface area contributed by atoms with Crippen molar-refractivity contribution in [2.75, 3.05) is 17.7 Å². The number of esters is 1. The summed E-state index contributed by atoms with van der Waals surface area (Å²) in [4.78, 5) is 23.4. The summed E-state index contributed by atoms with van der Waals surface area (Å²) in [5.74, 6) is -0.933. The molecule has 0 heterocycles. The van der Waals surface area contributed by atoms with Gasteiger partial charge in [0.1, 0.15) is 5.82 Å². The Balaban J connectivity index is 2.16. The molecule has 6 heteroatoms. The van der Waals surface area contributed by atoms with Crippen LogP contribution in [0, 0.1) is 5.82 Å². The highest BCUT2D eigenvalue weighted by molar-refractivity contribution is 5.90. The van der Waals surface area contributed by atoms with E-state index < -0.39 is 12.0 Å². The molecule has 2 aromatic carbocycles. The van der Waals surface area contributed by atoms with E-state index in [1.165, 1.54) is 31.4 Å². The first-order valence-electron chi connectivity index (χ1n) is 7.53. The molecule has 0 aliphatic heterocycles. The zero-order chi connectivity index (χ0) is 17.5. The summed E-state index contributed by atoms with van der Waals surface area (Å²) in [6, 6.07) is 11.8. The minimum absolute atomic E-state index is 0.0746. The quantitative estimate of drug-likeness (QED) is 0.796. The summed E-state index contributed by atoms with van der Waals surface area (Å²) in [6.07, 6.45) is 0.398. The number of ether oxygens (including phenoxy) is 1. The minimum atomic E-state index is -0.758. The number of hydrogen-bond donors (Lipinski definition) is 2. The van der Waals surface area contributed by atoms with Gasteiger partial charge in [0.25, 0.3) is 0 Å². The lowest BCUT2D eigenvalue weighted by Crippen LogP contribution is -2.22. The molecule has 0 radical (unpaired) electrons. The molecule has 0 saturated carbocycles. The van der Waals surface area contributed by atoms with Gasteiger partial charge in [0.05, 0.1) is 7.11 Å². The second-order valence-electron chi connectivity index (χ2n) is 5.13. The molecule has 0 fully saturated rings. The minimum Gasteiger partial charge on any atom is -0.467 e. The summed E-state index contributed by atoms with van der Waals surface area (Å²) in [5, 5.41) is 5.79. The monoisotopic (exact) mass is 330 g/mol. The van der Waals surface area contributed by atoms with Gasteiger partial charge in [-0.15, -0.1) is 0 Å². The number of anilines is 2. The lowest BCUT2D eigenvalue weighted by Gasteiger charge is -2.18. The van der Waals surface area contributed by atoms with Crippen LogP contribution in [0.4, 0.5) is 15.8 Å². The van der Waals surface area contributed by atoms with Crippen LogP contribution in [0.15, 0.2) is 48.5 Å². The third kappa shape index (κ3) is 4.55. The molecule has 0 spiro atoms. The van der Waals surface area contributed by atoms with Crippen LogP contribution < -0.4 is 10.6 Å². The summed E-state index contributed by atoms with van der Waals surface area (Å²) in [7, 11) is 1.30. The Morgan fingerprint density at radius 2 is 1.62 bits per heavy atom. The van der Waals surface area contributed by atoms with Crippen molar-refractivity contribution in [1.82, 2.24) is 0 Å². The van der Waals surface area contributed by atoms with Gasteiger partial charge < -0.3 is 15.4 Å². The lowest BCUT2D eigenvalue weighted by atomic mass is 10.1. The number of carbonyl (C=O) groups is 2. The van der Waals surface area contributed by atoms with E-state index in [0.717, 1.165) is 0 Å². The Bertz CT molecular complexity index is 699. The molecule has 2 rings (SSSR count). The average molecular weight is 330 g/mol. The zero-order valence-corrected chi connectivity index (χ0v) is 13.5. The van der Waals surface area contributed by atoms with Crippen LogP contribution in [-0.2, 0) is 14.3 Å². The van der Waals surface area contributed by atoms with Crippen molar-refractivity contribution in [3.05, 3.63) is 59.9 Å². The number of amides is 1. The van der Waals surface area contributed by atoms with Gasteiger partial charge in [-0.3, -0.25) is 4.79 Å². The van der Waals surface area contributed by atoms with Crippen molar-refractivity contribution in [3.63, 3.8) is 0 Å². The Labute approximate surface area is 139 Å². The summed E-state index contributed by atoms with van der Waals surface area (Å²) < 4.78 is 17.9. The third-order valence-electron chi connectivity index (χ3n) is 3.44. The fourth-order valence-corrected chi connectivity index (χ4v) is 2.12. The van der Waals surface area contributed by atoms with Gasteiger partial charge >= 0.3 is 5.97 Å². The van der Waals surface area contributed by atoms with Gasteiger partial charge in [-0.25, -0.2) is 9.18 Å². The fraction of sp³-hybridized carbons (Fsp3) is 0.222. The molecule has 2 N–H and O–H groups in total. The van der Waals surface area contributed by atoms with Crippen molar-refractivity contribution in [3.8, 4) is 0 Å². The summed E-state index contributed by atoms with van der Waals surface area (Å²) in [5.41, 5.74) is 1.93. The first-order chi connectivity index (χ1) is 11.5.